The highest BCUT2D eigenvalue weighted by Crippen LogP contribution is 2.32. The van der Waals surface area contributed by atoms with Crippen molar-refractivity contribution in [3.05, 3.63) is 64.1 Å². The molecule has 0 aliphatic carbocycles. The first-order valence-electron chi connectivity index (χ1n) is 5.61. The Hall–Kier alpha value is -1.42. The molecule has 90 valence electrons. The third-order valence-electron chi connectivity index (χ3n) is 2.81. The van der Waals surface area contributed by atoms with Crippen LogP contribution < -0.4 is 5.73 Å². The van der Waals surface area contributed by atoms with Crippen LogP contribution >= 0.6 is 22.9 Å². The van der Waals surface area contributed by atoms with Gasteiger partial charge in [-0.15, -0.1) is 11.3 Å². The van der Waals surface area contributed by atoms with Crippen LogP contribution in [0, 0.1) is 0 Å². The summed E-state index contributed by atoms with van der Waals surface area (Å²) in [5.41, 5.74) is 8.21. The lowest BCUT2D eigenvalue weighted by atomic mass is 10.1. The molecule has 3 rings (SSSR count). The number of thiazole rings is 1. The van der Waals surface area contributed by atoms with E-state index in [9.17, 15) is 0 Å². The maximum absolute atomic E-state index is 6.24. The summed E-state index contributed by atoms with van der Waals surface area (Å²) in [4.78, 5) is 4.56. The molecular formula is C14H11ClN2S. The van der Waals surface area contributed by atoms with Gasteiger partial charge in [-0.2, -0.15) is 0 Å². The van der Waals surface area contributed by atoms with Crippen LogP contribution in [0.15, 0.2) is 48.5 Å². The molecular weight excluding hydrogens is 264 g/mol. The SMILES string of the molecule is NC(c1ccccc1)c1nc2cccc(Cl)c2s1. The maximum Gasteiger partial charge on any atom is 0.115 e. The van der Waals surface area contributed by atoms with E-state index in [0.717, 1.165) is 25.8 Å². The fourth-order valence-electron chi connectivity index (χ4n) is 1.87. The Morgan fingerprint density at radius 3 is 2.56 bits per heavy atom. The molecule has 1 atom stereocenters. The molecule has 0 aliphatic rings. The van der Waals surface area contributed by atoms with Gasteiger partial charge in [-0.3, -0.25) is 0 Å². The predicted molar refractivity (Wildman–Crippen MR) is 77.1 cm³/mol. The molecule has 18 heavy (non-hydrogen) atoms. The minimum atomic E-state index is -0.195. The van der Waals surface area contributed by atoms with Gasteiger partial charge in [-0.1, -0.05) is 48.0 Å². The monoisotopic (exact) mass is 274 g/mol. The van der Waals surface area contributed by atoms with Gasteiger partial charge < -0.3 is 5.73 Å². The predicted octanol–water partition coefficient (Wildman–Crippen LogP) is 4.00. The molecule has 0 saturated carbocycles. The van der Waals surface area contributed by atoms with Gasteiger partial charge in [0.05, 0.1) is 21.3 Å². The zero-order valence-corrected chi connectivity index (χ0v) is 11.1. The van der Waals surface area contributed by atoms with Crippen molar-refractivity contribution in [1.29, 1.82) is 0 Å². The fraction of sp³-hybridized carbons (Fsp3) is 0.0714. The Labute approximate surface area is 114 Å². The second-order valence-electron chi connectivity index (χ2n) is 4.03. The van der Waals surface area contributed by atoms with E-state index in [4.69, 9.17) is 17.3 Å². The molecule has 0 fully saturated rings. The average molecular weight is 275 g/mol. The first-order valence-corrected chi connectivity index (χ1v) is 6.80. The van der Waals surface area contributed by atoms with Gasteiger partial charge >= 0.3 is 0 Å². The molecule has 0 aliphatic heterocycles. The molecule has 0 spiro atoms. The molecule has 0 bridgehead atoms. The molecule has 3 aromatic rings. The van der Waals surface area contributed by atoms with E-state index < -0.39 is 0 Å². The number of fused-ring (bicyclic) bond motifs is 1. The summed E-state index contributed by atoms with van der Waals surface area (Å²) < 4.78 is 1.00. The number of hydrogen-bond acceptors (Lipinski definition) is 3. The van der Waals surface area contributed by atoms with Crippen LogP contribution in [0.2, 0.25) is 5.02 Å². The van der Waals surface area contributed by atoms with Crippen LogP contribution in [0.1, 0.15) is 16.6 Å². The summed E-state index contributed by atoms with van der Waals surface area (Å²) in [6.45, 7) is 0. The van der Waals surface area contributed by atoms with Gasteiger partial charge in [0.2, 0.25) is 0 Å². The van der Waals surface area contributed by atoms with Gasteiger partial charge in [-0.05, 0) is 17.7 Å². The Bertz CT molecular complexity index is 679. The topological polar surface area (TPSA) is 38.9 Å². The first-order chi connectivity index (χ1) is 8.75. The third-order valence-corrected chi connectivity index (χ3v) is 4.42. The van der Waals surface area contributed by atoms with E-state index in [1.165, 1.54) is 0 Å². The highest BCUT2D eigenvalue weighted by atomic mass is 35.5. The molecule has 2 aromatic carbocycles. The zero-order valence-electron chi connectivity index (χ0n) is 9.51. The molecule has 0 amide bonds. The molecule has 2 nitrogen and oxygen atoms in total. The van der Waals surface area contributed by atoms with Crippen molar-refractivity contribution in [2.75, 3.05) is 0 Å². The van der Waals surface area contributed by atoms with Gasteiger partial charge in [0, 0.05) is 0 Å². The summed E-state index contributed by atoms with van der Waals surface area (Å²) >= 11 is 7.71. The fourth-order valence-corrected chi connectivity index (χ4v) is 3.15. The van der Waals surface area contributed by atoms with Crippen molar-refractivity contribution in [3.63, 3.8) is 0 Å². The second-order valence-corrected chi connectivity index (χ2v) is 5.47. The van der Waals surface area contributed by atoms with Gasteiger partial charge in [0.1, 0.15) is 5.01 Å². The van der Waals surface area contributed by atoms with Crippen molar-refractivity contribution < 1.29 is 0 Å². The average Bonchev–Trinajstić information content (AvgIpc) is 2.84. The Morgan fingerprint density at radius 1 is 1.06 bits per heavy atom. The van der Waals surface area contributed by atoms with E-state index in [2.05, 4.69) is 4.98 Å². The smallest absolute Gasteiger partial charge is 0.115 e. The number of nitrogens with two attached hydrogens (primary N) is 1. The van der Waals surface area contributed by atoms with E-state index in [1.807, 2.05) is 48.5 Å². The minimum absolute atomic E-state index is 0.195. The summed E-state index contributed by atoms with van der Waals surface area (Å²) in [5.74, 6) is 0. The van der Waals surface area contributed by atoms with E-state index in [1.54, 1.807) is 11.3 Å². The van der Waals surface area contributed by atoms with Crippen LogP contribution in [0.3, 0.4) is 0 Å². The van der Waals surface area contributed by atoms with Crippen molar-refractivity contribution in [2.45, 2.75) is 6.04 Å². The molecule has 1 heterocycles. The summed E-state index contributed by atoms with van der Waals surface area (Å²) in [6.07, 6.45) is 0. The van der Waals surface area contributed by atoms with Crippen molar-refractivity contribution in [2.24, 2.45) is 5.73 Å². The summed E-state index contributed by atoms with van der Waals surface area (Å²) in [5, 5.41) is 1.63. The van der Waals surface area contributed by atoms with E-state index in [-0.39, 0.29) is 6.04 Å². The second kappa shape index (κ2) is 4.69. The van der Waals surface area contributed by atoms with Crippen LogP contribution in [0.4, 0.5) is 0 Å². The van der Waals surface area contributed by atoms with Crippen LogP contribution in [0.5, 0.6) is 0 Å². The molecule has 4 heteroatoms. The number of halogens is 1. The van der Waals surface area contributed by atoms with Crippen LogP contribution in [0.25, 0.3) is 10.2 Å². The van der Waals surface area contributed by atoms with Crippen LogP contribution in [-0.2, 0) is 0 Å². The van der Waals surface area contributed by atoms with E-state index in [0.29, 0.717) is 0 Å². The van der Waals surface area contributed by atoms with Crippen molar-refractivity contribution in [3.8, 4) is 0 Å². The first kappa shape index (κ1) is 11.7. The number of benzene rings is 2. The largest absolute Gasteiger partial charge is 0.318 e. The van der Waals surface area contributed by atoms with Gasteiger partial charge in [0.15, 0.2) is 0 Å². The number of nitrogens with zero attached hydrogens (tertiary/aromatic N) is 1. The molecule has 1 aromatic heterocycles. The van der Waals surface area contributed by atoms with E-state index >= 15 is 0 Å². The zero-order chi connectivity index (χ0) is 12.5. The van der Waals surface area contributed by atoms with Gasteiger partial charge in [-0.25, -0.2) is 4.98 Å². The summed E-state index contributed by atoms with van der Waals surface area (Å²) in [7, 11) is 0. The third kappa shape index (κ3) is 2.01. The molecule has 0 saturated heterocycles. The molecule has 0 radical (unpaired) electrons. The molecule has 1 unspecified atom stereocenters. The van der Waals surface area contributed by atoms with Gasteiger partial charge in [0.25, 0.3) is 0 Å². The normalized spacial score (nSPS) is 12.8. The minimum Gasteiger partial charge on any atom is -0.318 e. The Morgan fingerprint density at radius 2 is 1.83 bits per heavy atom. The lowest BCUT2D eigenvalue weighted by molar-refractivity contribution is 0.862. The summed E-state index contributed by atoms with van der Waals surface area (Å²) in [6, 6.07) is 15.5. The highest BCUT2D eigenvalue weighted by molar-refractivity contribution is 7.19. The highest BCUT2D eigenvalue weighted by Gasteiger charge is 2.14. The number of rotatable bonds is 2. The van der Waals surface area contributed by atoms with Crippen molar-refractivity contribution >= 4 is 33.2 Å². The number of hydrogen-bond donors (Lipinski definition) is 1. The van der Waals surface area contributed by atoms with Crippen LogP contribution in [-0.4, -0.2) is 4.98 Å². The quantitative estimate of drug-likeness (QED) is 0.767. The Balaban J connectivity index is 2.07. The number of aromatic nitrogens is 1. The lowest BCUT2D eigenvalue weighted by Crippen LogP contribution is -2.10. The molecule has 2 N–H and O–H groups in total. The van der Waals surface area contributed by atoms with Crippen molar-refractivity contribution in [1.82, 2.24) is 4.98 Å². The lowest BCUT2D eigenvalue weighted by Gasteiger charge is -2.07. The standard InChI is InChI=1S/C14H11ClN2S/c15-10-7-4-8-11-13(10)18-14(17-11)12(16)9-5-2-1-3-6-9/h1-8,12H,16H2. The maximum atomic E-state index is 6.24. The Kier molecular flexibility index (Phi) is 3.04.